The van der Waals surface area contributed by atoms with Crippen LogP contribution in [-0.2, 0) is 9.59 Å². The van der Waals surface area contributed by atoms with Gasteiger partial charge >= 0.3 is 0 Å². The molecule has 2 atom stereocenters. The topological polar surface area (TPSA) is 89.4 Å². The molecular weight excluding hydrogens is 194 g/mol. The first-order valence-electron chi connectivity index (χ1n) is 5.27. The Morgan fingerprint density at radius 1 is 1.40 bits per heavy atom. The Hall–Kier alpha value is -1.10. The van der Waals surface area contributed by atoms with Crippen molar-refractivity contribution in [2.75, 3.05) is 13.1 Å². The number of carbonyl (C=O) groups excluding carboxylic acids is 2. The maximum Gasteiger partial charge on any atom is 0.239 e. The highest BCUT2D eigenvalue weighted by atomic mass is 16.2. The minimum absolute atomic E-state index is 0.0752. The van der Waals surface area contributed by atoms with Gasteiger partial charge in [-0.1, -0.05) is 13.8 Å². The molecule has 86 valence electrons. The quantitative estimate of drug-likeness (QED) is 0.650. The van der Waals surface area contributed by atoms with Gasteiger partial charge in [0.2, 0.25) is 11.8 Å². The molecule has 15 heavy (non-hydrogen) atoms. The molecule has 5 heteroatoms. The van der Waals surface area contributed by atoms with Gasteiger partial charge in [0.15, 0.2) is 0 Å². The summed E-state index contributed by atoms with van der Waals surface area (Å²) in [7, 11) is 0. The van der Waals surface area contributed by atoms with Crippen molar-refractivity contribution in [2.45, 2.75) is 26.3 Å². The summed E-state index contributed by atoms with van der Waals surface area (Å²) >= 11 is 0. The molecule has 1 unspecified atom stereocenters. The molecule has 1 saturated heterocycles. The minimum atomic E-state index is -0.475. The molecule has 1 aliphatic heterocycles. The molecule has 0 bridgehead atoms. The van der Waals surface area contributed by atoms with Crippen LogP contribution in [0.2, 0.25) is 0 Å². The van der Waals surface area contributed by atoms with Crippen molar-refractivity contribution in [1.29, 1.82) is 0 Å². The maximum atomic E-state index is 11.8. The highest BCUT2D eigenvalue weighted by molar-refractivity contribution is 5.84. The molecule has 0 spiro atoms. The Morgan fingerprint density at radius 3 is 2.40 bits per heavy atom. The normalized spacial score (nSPS) is 23.2. The number of hydrogen-bond donors (Lipinski definition) is 2. The van der Waals surface area contributed by atoms with E-state index < -0.39 is 6.04 Å². The fraction of sp³-hybridized carbons (Fsp3) is 0.800. The Morgan fingerprint density at radius 2 is 2.00 bits per heavy atom. The van der Waals surface area contributed by atoms with E-state index >= 15 is 0 Å². The van der Waals surface area contributed by atoms with Crippen molar-refractivity contribution in [3.05, 3.63) is 0 Å². The summed E-state index contributed by atoms with van der Waals surface area (Å²) in [6.45, 7) is 4.83. The van der Waals surface area contributed by atoms with Gasteiger partial charge in [-0.2, -0.15) is 0 Å². The third-order valence-electron chi connectivity index (χ3n) is 2.91. The second-order valence-corrected chi connectivity index (χ2v) is 4.44. The molecule has 1 fully saturated rings. The van der Waals surface area contributed by atoms with Crippen LogP contribution in [-0.4, -0.2) is 35.8 Å². The van der Waals surface area contributed by atoms with E-state index in [0.717, 1.165) is 0 Å². The summed E-state index contributed by atoms with van der Waals surface area (Å²) in [5.74, 6) is -0.490. The van der Waals surface area contributed by atoms with E-state index in [-0.39, 0.29) is 23.7 Å². The van der Waals surface area contributed by atoms with Gasteiger partial charge in [-0.05, 0) is 12.3 Å². The highest BCUT2D eigenvalue weighted by Gasteiger charge is 2.32. The molecule has 1 rings (SSSR count). The van der Waals surface area contributed by atoms with Crippen molar-refractivity contribution < 1.29 is 9.59 Å². The third kappa shape index (κ3) is 2.68. The summed E-state index contributed by atoms with van der Waals surface area (Å²) < 4.78 is 0. The molecule has 0 aromatic rings. The molecular formula is C10H19N3O2. The molecule has 0 radical (unpaired) electrons. The lowest BCUT2D eigenvalue weighted by Crippen LogP contribution is -2.46. The lowest BCUT2D eigenvalue weighted by molar-refractivity contribution is -0.132. The lowest BCUT2D eigenvalue weighted by Gasteiger charge is -2.22. The molecule has 1 aliphatic rings. The Balaban J connectivity index is 2.54. The summed E-state index contributed by atoms with van der Waals surface area (Å²) in [5.41, 5.74) is 10.9. The second kappa shape index (κ2) is 4.61. The fourth-order valence-electron chi connectivity index (χ4n) is 1.69. The van der Waals surface area contributed by atoms with E-state index in [0.29, 0.717) is 19.5 Å². The van der Waals surface area contributed by atoms with Crippen molar-refractivity contribution in [1.82, 2.24) is 4.90 Å². The van der Waals surface area contributed by atoms with Gasteiger partial charge in [-0.25, -0.2) is 0 Å². The van der Waals surface area contributed by atoms with Gasteiger partial charge in [0, 0.05) is 13.1 Å². The van der Waals surface area contributed by atoms with Gasteiger partial charge < -0.3 is 16.4 Å². The van der Waals surface area contributed by atoms with E-state index in [1.165, 1.54) is 0 Å². The highest BCUT2D eigenvalue weighted by Crippen LogP contribution is 2.17. The standard InChI is InChI=1S/C10H19N3O2/c1-6(2)8(11)10(15)13-4-3-7(5-13)9(12)14/h6-8H,3-5,11H2,1-2H3,(H2,12,14)/t7?,8-/m0/s1. The molecule has 0 aromatic carbocycles. The number of primary amides is 1. The second-order valence-electron chi connectivity index (χ2n) is 4.44. The van der Waals surface area contributed by atoms with Gasteiger partial charge in [-0.15, -0.1) is 0 Å². The monoisotopic (exact) mass is 213 g/mol. The zero-order valence-electron chi connectivity index (χ0n) is 9.27. The largest absolute Gasteiger partial charge is 0.369 e. The van der Waals surface area contributed by atoms with E-state index in [1.54, 1.807) is 4.90 Å². The molecule has 5 nitrogen and oxygen atoms in total. The molecule has 4 N–H and O–H groups in total. The Kier molecular flexibility index (Phi) is 3.68. The van der Waals surface area contributed by atoms with E-state index in [1.807, 2.05) is 13.8 Å². The van der Waals surface area contributed by atoms with Crippen molar-refractivity contribution in [3.63, 3.8) is 0 Å². The molecule has 0 aliphatic carbocycles. The van der Waals surface area contributed by atoms with E-state index in [2.05, 4.69) is 0 Å². The SMILES string of the molecule is CC(C)[C@H](N)C(=O)N1CCC(C(N)=O)C1. The summed E-state index contributed by atoms with van der Waals surface area (Å²) in [6.07, 6.45) is 0.659. The van der Waals surface area contributed by atoms with Crippen LogP contribution in [0, 0.1) is 11.8 Å². The number of hydrogen-bond acceptors (Lipinski definition) is 3. The molecule has 1 heterocycles. The molecule has 2 amide bonds. The Labute approximate surface area is 89.8 Å². The predicted molar refractivity (Wildman–Crippen MR) is 56.7 cm³/mol. The van der Waals surface area contributed by atoms with Crippen molar-refractivity contribution >= 4 is 11.8 Å². The zero-order valence-corrected chi connectivity index (χ0v) is 9.27. The first kappa shape index (κ1) is 12.0. The fourth-order valence-corrected chi connectivity index (χ4v) is 1.69. The zero-order chi connectivity index (χ0) is 11.6. The van der Waals surface area contributed by atoms with Gasteiger partial charge in [0.05, 0.1) is 12.0 Å². The van der Waals surface area contributed by atoms with Crippen LogP contribution in [0.3, 0.4) is 0 Å². The van der Waals surface area contributed by atoms with Crippen LogP contribution in [0.15, 0.2) is 0 Å². The summed E-state index contributed by atoms with van der Waals surface area (Å²) in [5, 5.41) is 0. The number of rotatable bonds is 3. The van der Waals surface area contributed by atoms with Crippen LogP contribution < -0.4 is 11.5 Å². The smallest absolute Gasteiger partial charge is 0.239 e. The summed E-state index contributed by atoms with van der Waals surface area (Å²) in [4.78, 5) is 24.4. The average molecular weight is 213 g/mol. The molecule has 0 aromatic heterocycles. The number of nitrogens with two attached hydrogens (primary N) is 2. The van der Waals surface area contributed by atoms with E-state index in [9.17, 15) is 9.59 Å². The lowest BCUT2D eigenvalue weighted by atomic mass is 10.0. The van der Waals surface area contributed by atoms with Crippen LogP contribution in [0.25, 0.3) is 0 Å². The van der Waals surface area contributed by atoms with Gasteiger partial charge in [0.1, 0.15) is 0 Å². The van der Waals surface area contributed by atoms with Crippen molar-refractivity contribution in [3.8, 4) is 0 Å². The number of carbonyl (C=O) groups is 2. The van der Waals surface area contributed by atoms with Crippen LogP contribution in [0.4, 0.5) is 0 Å². The first-order chi connectivity index (χ1) is 6.93. The first-order valence-corrected chi connectivity index (χ1v) is 5.27. The minimum Gasteiger partial charge on any atom is -0.369 e. The number of nitrogens with zero attached hydrogens (tertiary/aromatic N) is 1. The third-order valence-corrected chi connectivity index (χ3v) is 2.91. The number of amides is 2. The van der Waals surface area contributed by atoms with Crippen LogP contribution in [0.5, 0.6) is 0 Å². The Bertz CT molecular complexity index is 265. The number of likely N-dealkylation sites (tertiary alicyclic amines) is 1. The van der Waals surface area contributed by atoms with Crippen LogP contribution >= 0.6 is 0 Å². The average Bonchev–Trinajstić information content (AvgIpc) is 2.64. The van der Waals surface area contributed by atoms with Gasteiger partial charge in [0.25, 0.3) is 0 Å². The van der Waals surface area contributed by atoms with Crippen LogP contribution in [0.1, 0.15) is 20.3 Å². The van der Waals surface area contributed by atoms with Gasteiger partial charge in [-0.3, -0.25) is 9.59 Å². The van der Waals surface area contributed by atoms with Crippen molar-refractivity contribution in [2.24, 2.45) is 23.3 Å². The summed E-state index contributed by atoms with van der Waals surface area (Å²) in [6, 6.07) is -0.475. The predicted octanol–water partition coefficient (Wildman–Crippen LogP) is -0.696. The molecule has 0 saturated carbocycles. The maximum absolute atomic E-state index is 11.8. The van der Waals surface area contributed by atoms with E-state index in [4.69, 9.17) is 11.5 Å².